The third-order valence-electron chi connectivity index (χ3n) is 2.23. The predicted octanol–water partition coefficient (Wildman–Crippen LogP) is 1.92. The number of nitrogens with zero attached hydrogens (tertiary/aromatic N) is 1. The van der Waals surface area contributed by atoms with Gasteiger partial charge in [0.25, 0.3) is 0 Å². The highest BCUT2D eigenvalue weighted by molar-refractivity contribution is 5.79. The van der Waals surface area contributed by atoms with Crippen LogP contribution in [-0.2, 0) is 0 Å². The van der Waals surface area contributed by atoms with E-state index in [0.717, 1.165) is 13.3 Å². The molecule has 0 amide bonds. The molecule has 0 saturated carbocycles. The quantitative estimate of drug-likeness (QED) is 0.840. The summed E-state index contributed by atoms with van der Waals surface area (Å²) in [4.78, 5) is 0. The first-order valence-corrected chi connectivity index (χ1v) is 4.51. The minimum absolute atomic E-state index is 0.0262. The van der Waals surface area contributed by atoms with E-state index in [1.165, 1.54) is 0 Å². The molecule has 1 aromatic heterocycles. The minimum atomic E-state index is -1.01. The van der Waals surface area contributed by atoms with E-state index in [9.17, 15) is 13.9 Å². The van der Waals surface area contributed by atoms with Crippen molar-refractivity contribution < 1.29 is 23.1 Å². The fraction of sp³-hybridized carbons (Fsp3) is 0.100. The van der Waals surface area contributed by atoms with Gasteiger partial charge in [0.15, 0.2) is 17.3 Å². The van der Waals surface area contributed by atoms with Gasteiger partial charge in [-0.15, -0.1) is 0 Å². The van der Waals surface area contributed by atoms with Crippen LogP contribution in [0, 0.1) is 11.6 Å². The third kappa shape index (κ3) is 1.65. The lowest BCUT2D eigenvalue weighted by molar-refractivity contribution is 0.349. The van der Waals surface area contributed by atoms with E-state index in [1.807, 2.05) is 0 Å². The molecule has 0 aliphatic rings. The molecular weight excluding hydrogens is 234 g/mol. The van der Waals surface area contributed by atoms with Crippen molar-refractivity contribution >= 4 is 5.88 Å². The van der Waals surface area contributed by atoms with Gasteiger partial charge < -0.3 is 20.1 Å². The van der Waals surface area contributed by atoms with Crippen LogP contribution < -0.4 is 10.5 Å². The molecule has 5 nitrogen and oxygen atoms in total. The second-order valence-corrected chi connectivity index (χ2v) is 3.20. The summed E-state index contributed by atoms with van der Waals surface area (Å²) in [5, 5.41) is 13.1. The Morgan fingerprint density at radius 3 is 2.65 bits per heavy atom. The number of aromatic nitrogens is 1. The highest BCUT2D eigenvalue weighted by Crippen LogP contribution is 2.42. The summed E-state index contributed by atoms with van der Waals surface area (Å²) in [6, 6.07) is 0.584. The molecule has 0 aliphatic carbocycles. The number of benzene rings is 1. The summed E-state index contributed by atoms with van der Waals surface area (Å²) in [5.41, 5.74) is 5.11. The maximum Gasteiger partial charge on any atom is 0.230 e. The first kappa shape index (κ1) is 11.2. The van der Waals surface area contributed by atoms with Crippen LogP contribution in [0.4, 0.5) is 14.7 Å². The third-order valence-corrected chi connectivity index (χ3v) is 2.23. The second-order valence-electron chi connectivity index (χ2n) is 3.20. The van der Waals surface area contributed by atoms with Crippen LogP contribution in [0.1, 0.15) is 0 Å². The second kappa shape index (κ2) is 3.93. The van der Waals surface area contributed by atoms with Crippen molar-refractivity contribution in [1.29, 1.82) is 0 Å². The van der Waals surface area contributed by atoms with Gasteiger partial charge in [-0.05, 0) is 0 Å². The number of anilines is 1. The van der Waals surface area contributed by atoms with Gasteiger partial charge in [-0.1, -0.05) is 5.16 Å². The normalized spacial score (nSPS) is 10.5. The molecule has 2 rings (SSSR count). The van der Waals surface area contributed by atoms with E-state index in [0.29, 0.717) is 6.07 Å². The summed E-state index contributed by atoms with van der Waals surface area (Å²) in [5.74, 6) is -3.35. The fourth-order valence-corrected chi connectivity index (χ4v) is 1.48. The van der Waals surface area contributed by atoms with Gasteiger partial charge in [0.05, 0.1) is 24.4 Å². The van der Waals surface area contributed by atoms with E-state index in [4.69, 9.17) is 5.73 Å². The lowest BCUT2D eigenvalue weighted by atomic mass is 10.1. The van der Waals surface area contributed by atoms with Crippen molar-refractivity contribution in [2.24, 2.45) is 0 Å². The van der Waals surface area contributed by atoms with Gasteiger partial charge in [0, 0.05) is 6.07 Å². The Balaban J connectivity index is 2.74. The van der Waals surface area contributed by atoms with Crippen LogP contribution in [0.2, 0.25) is 0 Å². The van der Waals surface area contributed by atoms with E-state index in [-0.39, 0.29) is 17.0 Å². The standard InChI is InChI=1S/C10H8F2N2O3/c1-16-9-6(12)2-5(11)7(8(9)15)4-3-14-17-10(4)13/h2-3,15H,13H2,1H3. The topological polar surface area (TPSA) is 81.5 Å². The smallest absolute Gasteiger partial charge is 0.230 e. The number of ether oxygens (including phenoxy) is 1. The van der Waals surface area contributed by atoms with Crippen molar-refractivity contribution in [2.75, 3.05) is 12.8 Å². The summed E-state index contributed by atoms with van der Waals surface area (Å²) >= 11 is 0. The van der Waals surface area contributed by atoms with Crippen molar-refractivity contribution in [1.82, 2.24) is 5.16 Å². The SMILES string of the molecule is COc1c(F)cc(F)c(-c2cnoc2N)c1O. The first-order chi connectivity index (χ1) is 8.06. The summed E-state index contributed by atoms with van der Waals surface area (Å²) in [7, 11) is 1.15. The van der Waals surface area contributed by atoms with E-state index in [2.05, 4.69) is 14.4 Å². The predicted molar refractivity (Wildman–Crippen MR) is 54.5 cm³/mol. The zero-order chi connectivity index (χ0) is 12.6. The van der Waals surface area contributed by atoms with Crippen LogP contribution in [-0.4, -0.2) is 17.4 Å². The number of nitrogens with two attached hydrogens (primary N) is 1. The zero-order valence-electron chi connectivity index (χ0n) is 8.70. The van der Waals surface area contributed by atoms with Gasteiger partial charge in [-0.3, -0.25) is 0 Å². The van der Waals surface area contributed by atoms with Crippen LogP contribution in [0.5, 0.6) is 11.5 Å². The van der Waals surface area contributed by atoms with Gasteiger partial charge in [-0.2, -0.15) is 0 Å². The molecule has 0 saturated heterocycles. The number of phenols is 1. The van der Waals surface area contributed by atoms with Gasteiger partial charge in [-0.25, -0.2) is 8.78 Å². The molecule has 3 N–H and O–H groups in total. The zero-order valence-corrected chi connectivity index (χ0v) is 8.70. The van der Waals surface area contributed by atoms with Gasteiger partial charge in [0.1, 0.15) is 5.82 Å². The van der Waals surface area contributed by atoms with Crippen LogP contribution in [0.25, 0.3) is 11.1 Å². The van der Waals surface area contributed by atoms with Crippen molar-refractivity contribution in [3.8, 4) is 22.6 Å². The average Bonchev–Trinajstić information content (AvgIpc) is 2.65. The molecule has 0 bridgehead atoms. The molecule has 7 heteroatoms. The molecule has 17 heavy (non-hydrogen) atoms. The Morgan fingerprint density at radius 1 is 1.41 bits per heavy atom. The van der Waals surface area contributed by atoms with E-state index < -0.39 is 23.1 Å². The molecule has 2 aromatic rings. The molecule has 0 spiro atoms. The molecule has 0 fully saturated rings. The number of rotatable bonds is 2. The molecule has 0 unspecified atom stereocenters. The lowest BCUT2D eigenvalue weighted by Crippen LogP contribution is -1.95. The van der Waals surface area contributed by atoms with Crippen molar-refractivity contribution in [3.05, 3.63) is 23.9 Å². The van der Waals surface area contributed by atoms with Crippen LogP contribution in [0.3, 0.4) is 0 Å². The van der Waals surface area contributed by atoms with Crippen LogP contribution >= 0.6 is 0 Å². The van der Waals surface area contributed by atoms with Crippen molar-refractivity contribution in [2.45, 2.75) is 0 Å². The summed E-state index contributed by atoms with van der Waals surface area (Å²) < 4.78 is 36.0. The molecule has 0 atom stereocenters. The Hall–Kier alpha value is -2.31. The van der Waals surface area contributed by atoms with E-state index in [1.54, 1.807) is 0 Å². The molecule has 1 aromatic carbocycles. The Labute approximate surface area is 94.4 Å². The summed E-state index contributed by atoms with van der Waals surface area (Å²) in [6.07, 6.45) is 1.12. The lowest BCUT2D eigenvalue weighted by Gasteiger charge is -2.09. The minimum Gasteiger partial charge on any atom is -0.504 e. The maximum absolute atomic E-state index is 13.6. The summed E-state index contributed by atoms with van der Waals surface area (Å²) in [6.45, 7) is 0. The molecule has 1 heterocycles. The fourth-order valence-electron chi connectivity index (χ4n) is 1.48. The molecule has 0 radical (unpaired) electrons. The Kier molecular flexibility index (Phi) is 2.58. The number of hydrogen-bond acceptors (Lipinski definition) is 5. The number of phenolic OH excluding ortho intramolecular Hbond substituents is 1. The number of hydrogen-bond donors (Lipinski definition) is 2. The largest absolute Gasteiger partial charge is 0.504 e. The van der Waals surface area contributed by atoms with Crippen molar-refractivity contribution in [3.63, 3.8) is 0 Å². The monoisotopic (exact) mass is 242 g/mol. The molecule has 90 valence electrons. The number of methoxy groups -OCH3 is 1. The Morgan fingerprint density at radius 2 is 2.12 bits per heavy atom. The maximum atomic E-state index is 13.6. The molecule has 0 aliphatic heterocycles. The Bertz CT molecular complexity index is 569. The number of halogens is 2. The molecular formula is C10H8F2N2O3. The van der Waals surface area contributed by atoms with Gasteiger partial charge in [0.2, 0.25) is 5.88 Å². The van der Waals surface area contributed by atoms with E-state index >= 15 is 0 Å². The number of aromatic hydroxyl groups is 1. The van der Waals surface area contributed by atoms with Crippen LogP contribution in [0.15, 0.2) is 16.8 Å². The van der Waals surface area contributed by atoms with Gasteiger partial charge >= 0.3 is 0 Å². The highest BCUT2D eigenvalue weighted by Gasteiger charge is 2.23. The average molecular weight is 242 g/mol. The highest BCUT2D eigenvalue weighted by atomic mass is 19.1. The number of nitrogen functional groups attached to an aromatic ring is 1. The first-order valence-electron chi connectivity index (χ1n) is 4.51.